The lowest BCUT2D eigenvalue weighted by Crippen LogP contribution is -2.37. The standard InChI is InChI=1S/C24H27N3O3S/c1-4-15-26-22(17-27(19(2)3)23(28)21-13-9-6-10-14-21)16-25-24(26)31(29,30)18-20-11-7-5-8-12-20/h4-14,16,19H,1,15,17-18H2,2-3H3. The number of carbonyl (C=O) groups is 1. The number of sulfone groups is 1. The molecule has 2 aromatic carbocycles. The van der Waals surface area contributed by atoms with Crippen LogP contribution in [0.15, 0.2) is 84.7 Å². The minimum atomic E-state index is -3.67. The predicted molar refractivity (Wildman–Crippen MR) is 121 cm³/mol. The topological polar surface area (TPSA) is 72.3 Å². The fourth-order valence-corrected chi connectivity index (χ4v) is 4.86. The molecule has 0 saturated heterocycles. The Morgan fingerprint density at radius 1 is 1.10 bits per heavy atom. The third kappa shape index (κ3) is 5.30. The Morgan fingerprint density at radius 2 is 1.71 bits per heavy atom. The maximum absolute atomic E-state index is 13.1. The molecule has 0 radical (unpaired) electrons. The fraction of sp³-hybridized carbons (Fsp3) is 0.250. The summed E-state index contributed by atoms with van der Waals surface area (Å²) in [6.45, 7) is 8.15. The number of allylic oxidation sites excluding steroid dienone is 1. The van der Waals surface area contributed by atoms with E-state index in [1.165, 1.54) is 6.20 Å². The Balaban J connectivity index is 1.93. The minimum absolute atomic E-state index is 0.0119. The quantitative estimate of drug-likeness (QED) is 0.473. The van der Waals surface area contributed by atoms with Gasteiger partial charge in [-0.3, -0.25) is 4.79 Å². The summed E-state index contributed by atoms with van der Waals surface area (Å²) in [6.07, 6.45) is 3.17. The van der Waals surface area contributed by atoms with Gasteiger partial charge in [-0.1, -0.05) is 54.6 Å². The van der Waals surface area contributed by atoms with Crippen LogP contribution < -0.4 is 0 Å². The van der Waals surface area contributed by atoms with Crippen LogP contribution in [0.25, 0.3) is 0 Å². The molecule has 0 saturated carbocycles. The Bertz CT molecular complexity index is 1140. The number of benzene rings is 2. The zero-order chi connectivity index (χ0) is 22.4. The number of aromatic nitrogens is 2. The van der Waals surface area contributed by atoms with Gasteiger partial charge < -0.3 is 9.47 Å². The molecule has 6 nitrogen and oxygen atoms in total. The second-order valence-corrected chi connectivity index (χ2v) is 9.45. The largest absolute Gasteiger partial charge is 0.330 e. The number of hydrogen-bond donors (Lipinski definition) is 0. The van der Waals surface area contributed by atoms with Gasteiger partial charge in [0.2, 0.25) is 15.0 Å². The first kappa shape index (κ1) is 22.5. The number of hydrogen-bond acceptors (Lipinski definition) is 4. The van der Waals surface area contributed by atoms with Gasteiger partial charge in [0, 0.05) is 18.2 Å². The van der Waals surface area contributed by atoms with Crippen LogP contribution >= 0.6 is 0 Å². The molecule has 0 spiro atoms. The summed E-state index contributed by atoms with van der Waals surface area (Å²) < 4.78 is 27.8. The van der Waals surface area contributed by atoms with Gasteiger partial charge in [0.05, 0.1) is 24.2 Å². The van der Waals surface area contributed by atoms with Crippen molar-refractivity contribution >= 4 is 15.7 Å². The van der Waals surface area contributed by atoms with Crippen molar-refractivity contribution in [1.82, 2.24) is 14.5 Å². The van der Waals surface area contributed by atoms with Crippen LogP contribution in [0.1, 0.15) is 35.5 Å². The van der Waals surface area contributed by atoms with E-state index < -0.39 is 9.84 Å². The molecule has 1 amide bonds. The van der Waals surface area contributed by atoms with Gasteiger partial charge in [0.15, 0.2) is 0 Å². The second kappa shape index (κ2) is 9.75. The zero-order valence-corrected chi connectivity index (χ0v) is 18.6. The third-order valence-corrected chi connectivity index (χ3v) is 6.52. The van der Waals surface area contributed by atoms with E-state index in [-0.39, 0.29) is 35.9 Å². The highest BCUT2D eigenvalue weighted by Gasteiger charge is 2.26. The first-order chi connectivity index (χ1) is 14.8. The lowest BCUT2D eigenvalue weighted by Gasteiger charge is -2.27. The molecule has 0 aliphatic rings. The molecule has 0 unspecified atom stereocenters. The highest BCUT2D eigenvalue weighted by atomic mass is 32.2. The molecule has 31 heavy (non-hydrogen) atoms. The molecule has 0 atom stereocenters. The molecule has 162 valence electrons. The molecule has 0 aliphatic carbocycles. The molecule has 0 aliphatic heterocycles. The van der Waals surface area contributed by atoms with Crippen LogP contribution in [0, 0.1) is 0 Å². The summed E-state index contributed by atoms with van der Waals surface area (Å²) in [7, 11) is -3.67. The van der Waals surface area contributed by atoms with Crippen molar-refractivity contribution in [3.05, 3.63) is 96.3 Å². The average Bonchev–Trinajstić information content (AvgIpc) is 3.16. The number of amides is 1. The molecule has 1 aromatic heterocycles. The summed E-state index contributed by atoms with van der Waals surface area (Å²) in [5.41, 5.74) is 1.92. The van der Waals surface area contributed by atoms with E-state index in [2.05, 4.69) is 11.6 Å². The molecule has 7 heteroatoms. The molecule has 3 aromatic rings. The van der Waals surface area contributed by atoms with Gasteiger partial charge >= 0.3 is 0 Å². The van der Waals surface area contributed by atoms with Crippen LogP contribution in [0.5, 0.6) is 0 Å². The van der Waals surface area contributed by atoms with Gasteiger partial charge in [0.1, 0.15) is 0 Å². The Kier molecular flexibility index (Phi) is 7.07. The monoisotopic (exact) mass is 437 g/mol. The summed E-state index contributed by atoms with van der Waals surface area (Å²) in [6, 6.07) is 18.0. The highest BCUT2D eigenvalue weighted by Crippen LogP contribution is 2.20. The molecule has 1 heterocycles. The summed E-state index contributed by atoms with van der Waals surface area (Å²) >= 11 is 0. The van der Waals surface area contributed by atoms with E-state index in [1.807, 2.05) is 50.2 Å². The minimum Gasteiger partial charge on any atom is -0.330 e. The van der Waals surface area contributed by atoms with Crippen molar-refractivity contribution in [2.45, 2.75) is 43.9 Å². The lowest BCUT2D eigenvalue weighted by molar-refractivity contribution is 0.0685. The molecule has 0 fully saturated rings. The zero-order valence-electron chi connectivity index (χ0n) is 17.8. The van der Waals surface area contributed by atoms with E-state index in [9.17, 15) is 13.2 Å². The summed E-state index contributed by atoms with van der Waals surface area (Å²) in [4.78, 5) is 19.0. The van der Waals surface area contributed by atoms with Crippen LogP contribution in [-0.4, -0.2) is 34.8 Å². The van der Waals surface area contributed by atoms with E-state index in [4.69, 9.17) is 0 Å². The molecule has 0 bridgehead atoms. The van der Waals surface area contributed by atoms with Crippen molar-refractivity contribution in [2.24, 2.45) is 0 Å². The first-order valence-electron chi connectivity index (χ1n) is 10.1. The van der Waals surface area contributed by atoms with E-state index in [0.717, 1.165) is 0 Å². The van der Waals surface area contributed by atoms with Gasteiger partial charge in [-0.05, 0) is 31.5 Å². The van der Waals surface area contributed by atoms with Crippen molar-refractivity contribution in [3.8, 4) is 0 Å². The molecule has 0 N–H and O–H groups in total. The van der Waals surface area contributed by atoms with Crippen molar-refractivity contribution in [2.75, 3.05) is 0 Å². The maximum Gasteiger partial charge on any atom is 0.254 e. The van der Waals surface area contributed by atoms with Gasteiger partial charge in [-0.25, -0.2) is 13.4 Å². The van der Waals surface area contributed by atoms with Crippen LogP contribution in [0.3, 0.4) is 0 Å². The maximum atomic E-state index is 13.1. The summed E-state index contributed by atoms with van der Waals surface area (Å²) in [5.74, 6) is -0.256. The van der Waals surface area contributed by atoms with E-state index >= 15 is 0 Å². The number of nitrogens with zero attached hydrogens (tertiary/aromatic N) is 3. The molecular formula is C24H27N3O3S. The molecular weight excluding hydrogens is 410 g/mol. The van der Waals surface area contributed by atoms with Crippen LogP contribution in [0.4, 0.5) is 0 Å². The normalized spacial score (nSPS) is 11.5. The second-order valence-electron chi connectivity index (χ2n) is 7.57. The van der Waals surface area contributed by atoms with E-state index in [0.29, 0.717) is 16.8 Å². The fourth-order valence-electron chi connectivity index (χ4n) is 3.36. The van der Waals surface area contributed by atoms with Crippen molar-refractivity contribution in [1.29, 1.82) is 0 Å². The van der Waals surface area contributed by atoms with Crippen molar-refractivity contribution in [3.63, 3.8) is 0 Å². The molecule has 3 rings (SSSR count). The average molecular weight is 438 g/mol. The van der Waals surface area contributed by atoms with Gasteiger partial charge in [-0.15, -0.1) is 6.58 Å². The van der Waals surface area contributed by atoms with E-state index in [1.54, 1.807) is 39.8 Å². The van der Waals surface area contributed by atoms with Gasteiger partial charge in [-0.2, -0.15) is 0 Å². The highest BCUT2D eigenvalue weighted by molar-refractivity contribution is 7.90. The first-order valence-corrected chi connectivity index (χ1v) is 11.8. The SMILES string of the molecule is C=CCn1c(CN(C(=O)c2ccccc2)C(C)C)cnc1S(=O)(=O)Cc1ccccc1. The number of imidazole rings is 1. The van der Waals surface area contributed by atoms with Crippen LogP contribution in [-0.2, 0) is 28.7 Å². The Labute approximate surface area is 183 Å². The van der Waals surface area contributed by atoms with Crippen molar-refractivity contribution < 1.29 is 13.2 Å². The number of carbonyl (C=O) groups excluding carboxylic acids is 1. The lowest BCUT2D eigenvalue weighted by atomic mass is 10.1. The summed E-state index contributed by atoms with van der Waals surface area (Å²) in [5, 5.41) is -0.0119. The third-order valence-electron chi connectivity index (χ3n) is 4.93. The predicted octanol–water partition coefficient (Wildman–Crippen LogP) is 4.09. The number of rotatable bonds is 9. The van der Waals surface area contributed by atoms with Gasteiger partial charge in [0.25, 0.3) is 5.91 Å². The van der Waals surface area contributed by atoms with Crippen LogP contribution in [0.2, 0.25) is 0 Å². The smallest absolute Gasteiger partial charge is 0.254 e. The Hall–Kier alpha value is -3.19. The Morgan fingerprint density at radius 3 is 2.29 bits per heavy atom.